The Morgan fingerprint density at radius 2 is 1.51 bits per heavy atom. The second kappa shape index (κ2) is 10.9. The average Bonchev–Trinajstić information content (AvgIpc) is 3.36. The minimum atomic E-state index is 0.0229. The predicted molar refractivity (Wildman–Crippen MR) is 198 cm³/mol. The first-order valence-corrected chi connectivity index (χ1v) is 16.9. The molecule has 3 aromatic carbocycles. The van der Waals surface area contributed by atoms with Gasteiger partial charge < -0.3 is 4.57 Å². The molecule has 3 heteroatoms. The van der Waals surface area contributed by atoms with E-state index in [2.05, 4.69) is 140 Å². The lowest BCUT2D eigenvalue weighted by Gasteiger charge is -2.24. The molecule has 9 rings (SSSR count). The van der Waals surface area contributed by atoms with Crippen molar-refractivity contribution in [3.05, 3.63) is 156 Å². The third-order valence-electron chi connectivity index (χ3n) is 10.5. The SMILES string of the molecule is CC1(C)C2=C(CCC=C2)c2cc3c(cc21)c1ccccc1n3C1=CC=C(c2cc(C3=CC=CC=CC3)nc(-c3ccccc3)n2)CC1. The van der Waals surface area contributed by atoms with Crippen LogP contribution in [0.3, 0.4) is 0 Å². The first-order chi connectivity index (χ1) is 23.1. The van der Waals surface area contributed by atoms with Crippen molar-refractivity contribution in [3.63, 3.8) is 0 Å². The van der Waals surface area contributed by atoms with Crippen LogP contribution in [0.1, 0.15) is 68.5 Å². The molecular weight excluding hydrogens is 571 g/mol. The van der Waals surface area contributed by atoms with E-state index in [-0.39, 0.29) is 5.41 Å². The van der Waals surface area contributed by atoms with Crippen molar-refractivity contribution < 1.29 is 0 Å². The zero-order chi connectivity index (χ0) is 31.5. The van der Waals surface area contributed by atoms with E-state index in [1.54, 1.807) is 0 Å². The van der Waals surface area contributed by atoms with E-state index in [0.29, 0.717) is 0 Å². The largest absolute Gasteiger partial charge is 0.313 e. The van der Waals surface area contributed by atoms with Crippen molar-refractivity contribution in [1.29, 1.82) is 0 Å². The van der Waals surface area contributed by atoms with E-state index >= 15 is 0 Å². The molecule has 0 unspecified atom stereocenters. The molecule has 4 aliphatic rings. The third kappa shape index (κ3) is 4.56. The number of aromatic nitrogens is 3. The second-order valence-corrected chi connectivity index (χ2v) is 13.6. The minimum absolute atomic E-state index is 0.0229. The molecule has 0 spiro atoms. The van der Waals surface area contributed by atoms with Gasteiger partial charge in [0, 0.05) is 27.4 Å². The Morgan fingerprint density at radius 1 is 0.681 bits per heavy atom. The van der Waals surface area contributed by atoms with Gasteiger partial charge in [-0.15, -0.1) is 0 Å². The highest BCUT2D eigenvalue weighted by Gasteiger charge is 2.38. The van der Waals surface area contributed by atoms with Gasteiger partial charge in [0.15, 0.2) is 5.82 Å². The number of rotatable bonds is 4. The summed E-state index contributed by atoms with van der Waals surface area (Å²) in [4.78, 5) is 10.2. The highest BCUT2D eigenvalue weighted by Crippen LogP contribution is 2.52. The monoisotopic (exact) mass is 607 g/mol. The Morgan fingerprint density at radius 3 is 2.36 bits per heavy atom. The van der Waals surface area contributed by atoms with Crippen molar-refractivity contribution in [2.45, 2.75) is 51.4 Å². The molecule has 0 amide bonds. The first-order valence-electron chi connectivity index (χ1n) is 16.9. The average molecular weight is 608 g/mol. The van der Waals surface area contributed by atoms with Gasteiger partial charge in [0.05, 0.1) is 22.4 Å². The van der Waals surface area contributed by atoms with Crippen LogP contribution in [0.2, 0.25) is 0 Å². The van der Waals surface area contributed by atoms with Crippen molar-refractivity contribution in [2.75, 3.05) is 0 Å². The smallest absolute Gasteiger partial charge is 0.160 e. The Hall–Kier alpha value is -5.28. The summed E-state index contributed by atoms with van der Waals surface area (Å²) in [5, 5.41) is 2.67. The number of benzene rings is 3. The molecule has 0 atom stereocenters. The van der Waals surface area contributed by atoms with E-state index in [1.165, 1.54) is 60.9 Å². The summed E-state index contributed by atoms with van der Waals surface area (Å²) in [7, 11) is 0. The van der Waals surface area contributed by atoms with Crippen LogP contribution in [0.4, 0.5) is 0 Å². The van der Waals surface area contributed by atoms with Crippen molar-refractivity contribution in [2.24, 2.45) is 0 Å². The van der Waals surface area contributed by atoms with E-state index in [4.69, 9.17) is 9.97 Å². The fourth-order valence-electron chi connectivity index (χ4n) is 8.05. The van der Waals surface area contributed by atoms with Gasteiger partial charge in [-0.3, -0.25) is 0 Å². The molecule has 2 heterocycles. The van der Waals surface area contributed by atoms with Gasteiger partial charge in [0.1, 0.15) is 0 Å². The Balaban J connectivity index is 1.18. The standard InChI is InChI=1S/C44H37N3/c1-44(2)37-20-12-10-18-33(37)35-27-42-36(26-38(35)44)34-19-11-13-21-41(34)47(42)32-24-22-30(23-25-32)40-28-39(29-14-6-3-4-7-15-29)45-43(46-40)31-16-8-5-9-17-31/h3-9,11-14,16-17,19-22,24,26-28H,10,15,18,23,25H2,1-2H3. The van der Waals surface area contributed by atoms with Gasteiger partial charge in [-0.1, -0.05) is 111 Å². The molecule has 0 radical (unpaired) electrons. The Bertz CT molecular complexity index is 2330. The van der Waals surface area contributed by atoms with Crippen molar-refractivity contribution in [1.82, 2.24) is 14.5 Å². The number of fused-ring (bicyclic) bond motifs is 5. The van der Waals surface area contributed by atoms with Crippen LogP contribution in [0.5, 0.6) is 0 Å². The van der Waals surface area contributed by atoms with Crippen molar-refractivity contribution >= 4 is 44.2 Å². The number of para-hydroxylation sites is 1. The van der Waals surface area contributed by atoms with Crippen LogP contribution in [-0.4, -0.2) is 14.5 Å². The quantitative estimate of drug-likeness (QED) is 0.203. The first kappa shape index (κ1) is 28.0. The summed E-state index contributed by atoms with van der Waals surface area (Å²) in [6, 6.07) is 26.5. The van der Waals surface area contributed by atoms with Crippen LogP contribution in [0.15, 0.2) is 133 Å². The van der Waals surface area contributed by atoms with E-state index in [1.807, 2.05) is 6.07 Å². The molecule has 0 aliphatic heterocycles. The zero-order valence-corrected chi connectivity index (χ0v) is 27.0. The fraction of sp³-hybridized carbons (Fsp3) is 0.182. The molecule has 0 saturated heterocycles. The topological polar surface area (TPSA) is 30.7 Å². The van der Waals surface area contributed by atoms with Gasteiger partial charge >= 0.3 is 0 Å². The van der Waals surface area contributed by atoms with Crippen LogP contribution in [-0.2, 0) is 5.41 Å². The molecule has 5 aromatic rings. The lowest BCUT2D eigenvalue weighted by atomic mass is 9.80. The van der Waals surface area contributed by atoms with E-state index < -0.39 is 0 Å². The van der Waals surface area contributed by atoms with Gasteiger partial charge in [-0.25, -0.2) is 9.97 Å². The summed E-state index contributed by atoms with van der Waals surface area (Å²) in [6.45, 7) is 4.79. The maximum atomic E-state index is 5.14. The summed E-state index contributed by atoms with van der Waals surface area (Å²) in [6.07, 6.45) is 25.0. The van der Waals surface area contributed by atoms with Gasteiger partial charge in [0.2, 0.25) is 0 Å². The number of allylic oxidation sites excluding steroid dienone is 14. The highest BCUT2D eigenvalue weighted by molar-refractivity contribution is 6.12. The van der Waals surface area contributed by atoms with Gasteiger partial charge in [-0.05, 0) is 95.9 Å². The highest BCUT2D eigenvalue weighted by atomic mass is 15.0. The van der Waals surface area contributed by atoms with Crippen LogP contribution in [0, 0.1) is 0 Å². The Labute approximate surface area is 276 Å². The summed E-state index contributed by atoms with van der Waals surface area (Å²) in [5.74, 6) is 0.775. The van der Waals surface area contributed by atoms with Gasteiger partial charge in [-0.2, -0.15) is 0 Å². The van der Waals surface area contributed by atoms with Gasteiger partial charge in [0.25, 0.3) is 0 Å². The molecule has 0 fully saturated rings. The zero-order valence-electron chi connectivity index (χ0n) is 27.0. The molecule has 228 valence electrons. The second-order valence-electron chi connectivity index (χ2n) is 13.6. The minimum Gasteiger partial charge on any atom is -0.313 e. The third-order valence-corrected chi connectivity index (χ3v) is 10.5. The number of hydrogen-bond donors (Lipinski definition) is 0. The van der Waals surface area contributed by atoms with Crippen LogP contribution >= 0.6 is 0 Å². The number of hydrogen-bond acceptors (Lipinski definition) is 2. The van der Waals surface area contributed by atoms with Crippen LogP contribution in [0.25, 0.3) is 55.6 Å². The molecule has 0 N–H and O–H groups in total. The number of nitrogens with zero attached hydrogens (tertiary/aromatic N) is 3. The lowest BCUT2D eigenvalue weighted by Crippen LogP contribution is -2.16. The molecular formula is C44H37N3. The molecule has 0 bridgehead atoms. The maximum absolute atomic E-state index is 5.14. The summed E-state index contributed by atoms with van der Waals surface area (Å²) in [5.41, 5.74) is 15.4. The Kier molecular flexibility index (Phi) is 6.50. The van der Waals surface area contributed by atoms with E-state index in [9.17, 15) is 0 Å². The summed E-state index contributed by atoms with van der Waals surface area (Å²) < 4.78 is 2.53. The van der Waals surface area contributed by atoms with E-state index in [0.717, 1.165) is 54.9 Å². The molecule has 2 aromatic heterocycles. The lowest BCUT2D eigenvalue weighted by molar-refractivity contribution is 0.652. The molecule has 4 aliphatic carbocycles. The molecule has 47 heavy (non-hydrogen) atoms. The molecule has 3 nitrogen and oxygen atoms in total. The fourth-order valence-corrected chi connectivity index (χ4v) is 8.05. The normalized spacial score (nSPS) is 18.2. The maximum Gasteiger partial charge on any atom is 0.160 e. The summed E-state index contributed by atoms with van der Waals surface area (Å²) >= 11 is 0. The van der Waals surface area contributed by atoms with Crippen LogP contribution < -0.4 is 0 Å². The van der Waals surface area contributed by atoms with Crippen molar-refractivity contribution in [3.8, 4) is 11.4 Å². The molecule has 0 saturated carbocycles. The predicted octanol–water partition coefficient (Wildman–Crippen LogP) is 11.3.